The zero-order valence-corrected chi connectivity index (χ0v) is 18.2. The van der Waals surface area contributed by atoms with Crippen LogP contribution in [0.4, 0.5) is 10.1 Å². The minimum absolute atomic E-state index is 0.0103. The Balaban J connectivity index is 1.36. The number of rotatable bonds is 4. The molecule has 0 spiro atoms. The maximum absolute atomic E-state index is 15.8. The second-order valence-electron chi connectivity index (χ2n) is 8.55. The van der Waals surface area contributed by atoms with E-state index in [1.807, 2.05) is 0 Å². The minimum Gasteiger partial charge on any atom is -0.336 e. The topological polar surface area (TPSA) is 125 Å². The summed E-state index contributed by atoms with van der Waals surface area (Å²) in [6.07, 6.45) is 13.0. The third kappa shape index (κ3) is 3.57. The number of H-pyrrole nitrogens is 2. The van der Waals surface area contributed by atoms with Gasteiger partial charge in [-0.1, -0.05) is 19.3 Å². The molecule has 34 heavy (non-hydrogen) atoms. The Kier molecular flexibility index (Phi) is 4.97. The highest BCUT2D eigenvalue weighted by Gasteiger charge is 2.23. The molecule has 170 valence electrons. The first-order valence-corrected chi connectivity index (χ1v) is 11.3. The predicted octanol–water partition coefficient (Wildman–Crippen LogP) is 4.62. The normalized spacial score (nSPS) is 14.6. The number of carbonyl (C=O) groups excluding carboxylic acids is 1. The largest absolute Gasteiger partial charge is 0.336 e. The van der Waals surface area contributed by atoms with Gasteiger partial charge in [-0.15, -0.1) is 0 Å². The van der Waals surface area contributed by atoms with Crippen LogP contribution in [-0.2, 0) is 4.79 Å². The van der Waals surface area contributed by atoms with E-state index in [9.17, 15) is 4.79 Å². The van der Waals surface area contributed by atoms with Crippen LogP contribution < -0.4 is 5.32 Å². The van der Waals surface area contributed by atoms with E-state index in [0.717, 1.165) is 31.2 Å². The summed E-state index contributed by atoms with van der Waals surface area (Å²) in [6, 6.07) is 3.49. The van der Waals surface area contributed by atoms with Gasteiger partial charge in [-0.05, 0) is 25.0 Å². The summed E-state index contributed by atoms with van der Waals surface area (Å²) >= 11 is 0. The molecule has 1 aliphatic rings. The molecule has 0 unspecified atom stereocenters. The van der Waals surface area contributed by atoms with E-state index in [1.165, 1.54) is 18.8 Å². The molecule has 1 fully saturated rings. The molecule has 5 aromatic rings. The van der Waals surface area contributed by atoms with E-state index in [-0.39, 0.29) is 22.9 Å². The van der Waals surface area contributed by atoms with Crippen LogP contribution in [0.2, 0.25) is 0 Å². The molecule has 0 bridgehead atoms. The summed E-state index contributed by atoms with van der Waals surface area (Å²) in [5.74, 6) is -0.121. The first-order valence-electron chi connectivity index (χ1n) is 11.3. The molecule has 0 aromatic carbocycles. The van der Waals surface area contributed by atoms with Gasteiger partial charge < -0.3 is 10.3 Å². The summed E-state index contributed by atoms with van der Waals surface area (Å²) in [4.78, 5) is 32.9. The van der Waals surface area contributed by atoms with Gasteiger partial charge in [-0.25, -0.2) is 9.37 Å². The maximum Gasteiger partial charge on any atom is 0.227 e. The molecule has 1 aliphatic carbocycles. The zero-order valence-electron chi connectivity index (χ0n) is 18.2. The average Bonchev–Trinajstić information content (AvgIpc) is 3.49. The van der Waals surface area contributed by atoms with Gasteiger partial charge in [0.15, 0.2) is 11.6 Å². The third-order valence-electron chi connectivity index (χ3n) is 6.31. The number of aromatic nitrogens is 7. The van der Waals surface area contributed by atoms with E-state index in [0.29, 0.717) is 33.8 Å². The van der Waals surface area contributed by atoms with Crippen molar-refractivity contribution in [3.8, 4) is 22.8 Å². The van der Waals surface area contributed by atoms with E-state index in [2.05, 4.69) is 40.4 Å². The SMILES string of the molecule is O=C(Nc1cncc(-c2ncc3[nH]nc(-c4nc5cnccc5[nH]4)c3c2F)c1)C1CCCCC1. The lowest BCUT2D eigenvalue weighted by Crippen LogP contribution is -2.24. The van der Waals surface area contributed by atoms with Gasteiger partial charge in [0, 0.05) is 23.9 Å². The highest BCUT2D eigenvalue weighted by Crippen LogP contribution is 2.33. The molecule has 0 saturated heterocycles. The number of pyridine rings is 3. The molecule has 0 atom stereocenters. The summed E-state index contributed by atoms with van der Waals surface area (Å²) < 4.78 is 15.8. The van der Waals surface area contributed by atoms with Crippen molar-refractivity contribution in [2.75, 3.05) is 5.32 Å². The van der Waals surface area contributed by atoms with Crippen molar-refractivity contribution in [3.05, 3.63) is 48.9 Å². The smallest absolute Gasteiger partial charge is 0.227 e. The number of halogens is 1. The molecule has 0 radical (unpaired) electrons. The number of hydrogen-bond donors (Lipinski definition) is 3. The number of fused-ring (bicyclic) bond motifs is 2. The van der Waals surface area contributed by atoms with E-state index in [4.69, 9.17) is 0 Å². The molecular formula is C24H21FN8O. The second kappa shape index (κ2) is 8.29. The lowest BCUT2D eigenvalue weighted by Gasteiger charge is -2.20. The number of nitrogens with zero attached hydrogens (tertiary/aromatic N) is 5. The lowest BCUT2D eigenvalue weighted by atomic mass is 9.88. The van der Waals surface area contributed by atoms with Crippen molar-refractivity contribution in [2.45, 2.75) is 32.1 Å². The Morgan fingerprint density at radius 1 is 1.03 bits per heavy atom. The number of nitrogens with one attached hydrogen (secondary N) is 3. The molecule has 1 amide bonds. The molecule has 5 aromatic heterocycles. The quantitative estimate of drug-likeness (QED) is 0.362. The number of amides is 1. The van der Waals surface area contributed by atoms with Gasteiger partial charge in [-0.2, -0.15) is 5.10 Å². The Morgan fingerprint density at radius 2 is 1.91 bits per heavy atom. The third-order valence-corrected chi connectivity index (χ3v) is 6.31. The zero-order chi connectivity index (χ0) is 23.1. The van der Waals surface area contributed by atoms with Crippen molar-refractivity contribution in [1.29, 1.82) is 0 Å². The van der Waals surface area contributed by atoms with Crippen LogP contribution >= 0.6 is 0 Å². The van der Waals surface area contributed by atoms with Gasteiger partial charge in [0.05, 0.1) is 40.7 Å². The molecular weight excluding hydrogens is 435 g/mol. The van der Waals surface area contributed by atoms with Crippen molar-refractivity contribution in [2.24, 2.45) is 5.92 Å². The van der Waals surface area contributed by atoms with Gasteiger partial charge >= 0.3 is 0 Å². The van der Waals surface area contributed by atoms with Gasteiger partial charge in [0.1, 0.15) is 16.9 Å². The summed E-state index contributed by atoms with van der Waals surface area (Å²) in [7, 11) is 0. The molecule has 3 N–H and O–H groups in total. The Labute approximate surface area is 193 Å². The Hall–Kier alpha value is -4.21. The minimum atomic E-state index is -0.544. The fourth-order valence-corrected chi connectivity index (χ4v) is 4.56. The van der Waals surface area contributed by atoms with Crippen LogP contribution in [0.5, 0.6) is 0 Å². The average molecular weight is 456 g/mol. The van der Waals surface area contributed by atoms with Crippen LogP contribution in [0.15, 0.2) is 43.1 Å². The van der Waals surface area contributed by atoms with Crippen LogP contribution in [0.25, 0.3) is 44.7 Å². The van der Waals surface area contributed by atoms with Crippen LogP contribution in [0, 0.1) is 11.7 Å². The van der Waals surface area contributed by atoms with E-state index >= 15 is 4.39 Å². The van der Waals surface area contributed by atoms with Crippen molar-refractivity contribution in [3.63, 3.8) is 0 Å². The highest BCUT2D eigenvalue weighted by molar-refractivity contribution is 5.96. The molecule has 5 heterocycles. The Bertz CT molecular complexity index is 1490. The molecule has 9 nitrogen and oxygen atoms in total. The first-order chi connectivity index (χ1) is 16.7. The predicted molar refractivity (Wildman–Crippen MR) is 125 cm³/mol. The van der Waals surface area contributed by atoms with E-state index in [1.54, 1.807) is 30.7 Å². The second-order valence-corrected chi connectivity index (χ2v) is 8.55. The highest BCUT2D eigenvalue weighted by atomic mass is 19.1. The summed E-state index contributed by atoms with van der Waals surface area (Å²) in [6.45, 7) is 0. The molecule has 1 saturated carbocycles. The van der Waals surface area contributed by atoms with Crippen LogP contribution in [0.1, 0.15) is 32.1 Å². The maximum atomic E-state index is 15.8. The number of aromatic amines is 2. The van der Waals surface area contributed by atoms with E-state index < -0.39 is 5.82 Å². The fourth-order valence-electron chi connectivity index (χ4n) is 4.56. The first kappa shape index (κ1) is 20.4. The molecule has 10 heteroatoms. The van der Waals surface area contributed by atoms with Crippen molar-refractivity contribution in [1.82, 2.24) is 35.1 Å². The number of imidazole rings is 1. The fraction of sp³-hybridized carbons (Fsp3) is 0.250. The Morgan fingerprint density at radius 3 is 2.76 bits per heavy atom. The van der Waals surface area contributed by atoms with Crippen molar-refractivity contribution >= 4 is 33.5 Å². The van der Waals surface area contributed by atoms with Crippen LogP contribution in [-0.4, -0.2) is 41.0 Å². The number of carbonyl (C=O) groups is 1. The molecule has 0 aliphatic heterocycles. The summed E-state index contributed by atoms with van der Waals surface area (Å²) in [5, 5.41) is 10.3. The number of hydrogen-bond acceptors (Lipinski definition) is 6. The van der Waals surface area contributed by atoms with Gasteiger partial charge in [0.25, 0.3) is 0 Å². The molecule has 6 rings (SSSR count). The van der Waals surface area contributed by atoms with Gasteiger partial charge in [-0.3, -0.25) is 24.8 Å². The van der Waals surface area contributed by atoms with Gasteiger partial charge in [0.2, 0.25) is 5.91 Å². The van der Waals surface area contributed by atoms with Crippen molar-refractivity contribution < 1.29 is 9.18 Å². The number of anilines is 1. The summed E-state index contributed by atoms with van der Waals surface area (Å²) in [5.41, 5.74) is 3.34. The lowest BCUT2D eigenvalue weighted by molar-refractivity contribution is -0.120. The van der Waals surface area contributed by atoms with Crippen LogP contribution in [0.3, 0.4) is 0 Å². The monoisotopic (exact) mass is 456 g/mol. The standard InChI is InChI=1S/C24H21FN8O/c25-20-19-18(32-33-22(19)23-30-16-6-7-26-11-17(16)31-23)12-28-21(20)14-8-15(10-27-9-14)29-24(34)13-4-2-1-3-5-13/h6-13H,1-5H2,(H,29,34)(H,30,31)(H,32,33).